The van der Waals surface area contributed by atoms with Gasteiger partial charge >= 0.3 is 0 Å². The van der Waals surface area contributed by atoms with Gasteiger partial charge in [-0.15, -0.1) is 0 Å². The summed E-state index contributed by atoms with van der Waals surface area (Å²) in [4.78, 5) is 0. The Morgan fingerprint density at radius 3 is 2.12 bits per heavy atom. The van der Waals surface area contributed by atoms with E-state index in [1.54, 1.807) is 12.1 Å². The molecule has 3 heteroatoms. The molecule has 128 valence electrons. The first-order valence-electron chi connectivity index (χ1n) is 8.82. The highest BCUT2D eigenvalue weighted by Gasteiger charge is 2.22. The van der Waals surface area contributed by atoms with Gasteiger partial charge in [-0.25, -0.2) is 13.2 Å². The Kier molecular flexibility index (Phi) is 5.27. The van der Waals surface area contributed by atoms with Gasteiger partial charge in [0.25, 0.3) is 0 Å². The summed E-state index contributed by atoms with van der Waals surface area (Å²) in [5.74, 6) is -0.588. The fraction of sp³-hybridized carbons (Fsp3) is 0.429. The minimum Gasteiger partial charge on any atom is -0.207 e. The number of hydrogen-bond donors (Lipinski definition) is 0. The van der Waals surface area contributed by atoms with Crippen LogP contribution >= 0.6 is 0 Å². The summed E-state index contributed by atoms with van der Waals surface area (Å²) in [7, 11) is 0. The predicted molar refractivity (Wildman–Crippen MR) is 91.4 cm³/mol. The zero-order valence-corrected chi connectivity index (χ0v) is 14.0. The van der Waals surface area contributed by atoms with Gasteiger partial charge in [0.1, 0.15) is 17.5 Å². The molecule has 2 aromatic carbocycles. The molecule has 0 radical (unpaired) electrons. The Bertz CT molecular complexity index is 680. The van der Waals surface area contributed by atoms with Gasteiger partial charge in [0.05, 0.1) is 0 Å². The van der Waals surface area contributed by atoms with Crippen molar-refractivity contribution in [2.24, 2.45) is 5.92 Å². The maximum absolute atomic E-state index is 14.5. The van der Waals surface area contributed by atoms with Gasteiger partial charge in [-0.05, 0) is 66.8 Å². The topological polar surface area (TPSA) is 0 Å². The third kappa shape index (κ3) is 3.82. The second-order valence-corrected chi connectivity index (χ2v) is 6.90. The highest BCUT2D eigenvalue weighted by molar-refractivity contribution is 5.64. The zero-order valence-electron chi connectivity index (χ0n) is 14.0. The fourth-order valence-electron chi connectivity index (χ4n) is 3.92. The summed E-state index contributed by atoms with van der Waals surface area (Å²) < 4.78 is 41.2. The van der Waals surface area contributed by atoms with Gasteiger partial charge in [-0.1, -0.05) is 31.9 Å². The van der Waals surface area contributed by atoms with Crippen molar-refractivity contribution in [2.75, 3.05) is 0 Å². The lowest BCUT2D eigenvalue weighted by atomic mass is 9.77. The van der Waals surface area contributed by atoms with Crippen molar-refractivity contribution >= 4 is 0 Å². The summed E-state index contributed by atoms with van der Waals surface area (Å²) in [5.41, 5.74) is 1.49. The van der Waals surface area contributed by atoms with Crippen molar-refractivity contribution in [3.63, 3.8) is 0 Å². The van der Waals surface area contributed by atoms with E-state index in [1.165, 1.54) is 25.7 Å². The van der Waals surface area contributed by atoms with Gasteiger partial charge in [0, 0.05) is 11.6 Å². The standard InChI is InChI=1S/C21H23F3/c1-2-3-14-4-6-15(7-5-14)16-8-9-20(21(24)12-16)17-10-18(22)13-19(23)11-17/h8-15H,2-7H2,1H3. The van der Waals surface area contributed by atoms with Crippen LogP contribution in [0.2, 0.25) is 0 Å². The molecule has 1 aliphatic rings. The van der Waals surface area contributed by atoms with Crippen LogP contribution < -0.4 is 0 Å². The van der Waals surface area contributed by atoms with Crippen LogP contribution in [0.5, 0.6) is 0 Å². The van der Waals surface area contributed by atoms with E-state index in [0.29, 0.717) is 5.92 Å². The minimum atomic E-state index is -0.692. The highest BCUT2D eigenvalue weighted by atomic mass is 19.1. The van der Waals surface area contributed by atoms with Crippen LogP contribution in [-0.2, 0) is 0 Å². The lowest BCUT2D eigenvalue weighted by Crippen LogP contribution is -2.13. The lowest BCUT2D eigenvalue weighted by Gasteiger charge is -2.28. The Balaban J connectivity index is 1.78. The molecule has 0 bridgehead atoms. The van der Waals surface area contributed by atoms with Crippen molar-refractivity contribution < 1.29 is 13.2 Å². The van der Waals surface area contributed by atoms with Gasteiger partial charge in [0.15, 0.2) is 0 Å². The predicted octanol–water partition coefficient (Wildman–Crippen LogP) is 6.84. The third-order valence-corrected chi connectivity index (χ3v) is 5.18. The molecule has 0 unspecified atom stereocenters. The summed E-state index contributed by atoms with van der Waals surface area (Å²) in [6, 6.07) is 8.23. The minimum absolute atomic E-state index is 0.239. The van der Waals surface area contributed by atoms with Gasteiger partial charge in [-0.3, -0.25) is 0 Å². The van der Waals surface area contributed by atoms with Crippen LogP contribution in [0.1, 0.15) is 56.9 Å². The molecular formula is C21H23F3. The monoisotopic (exact) mass is 332 g/mol. The molecule has 0 saturated heterocycles. The highest BCUT2D eigenvalue weighted by Crippen LogP contribution is 2.38. The van der Waals surface area contributed by atoms with E-state index in [2.05, 4.69) is 6.92 Å². The maximum atomic E-state index is 14.5. The molecule has 0 N–H and O–H groups in total. The number of hydrogen-bond acceptors (Lipinski definition) is 0. The first-order valence-corrected chi connectivity index (χ1v) is 8.82. The summed E-state index contributed by atoms with van der Waals surface area (Å²) in [6.45, 7) is 2.22. The number of benzene rings is 2. The third-order valence-electron chi connectivity index (χ3n) is 5.18. The van der Waals surface area contributed by atoms with Crippen LogP contribution in [0.15, 0.2) is 36.4 Å². The Morgan fingerprint density at radius 1 is 0.875 bits per heavy atom. The molecule has 1 aliphatic carbocycles. The maximum Gasteiger partial charge on any atom is 0.131 e. The fourth-order valence-corrected chi connectivity index (χ4v) is 3.92. The molecule has 1 fully saturated rings. The van der Waals surface area contributed by atoms with E-state index < -0.39 is 17.5 Å². The van der Waals surface area contributed by atoms with Crippen molar-refractivity contribution in [1.82, 2.24) is 0 Å². The molecule has 1 saturated carbocycles. The first kappa shape index (κ1) is 17.1. The van der Waals surface area contributed by atoms with Crippen molar-refractivity contribution in [2.45, 2.75) is 51.4 Å². The molecule has 0 nitrogen and oxygen atoms in total. The number of halogens is 3. The molecule has 0 aliphatic heterocycles. The van der Waals surface area contributed by atoms with Crippen molar-refractivity contribution in [3.05, 3.63) is 59.4 Å². The lowest BCUT2D eigenvalue weighted by molar-refractivity contribution is 0.308. The molecule has 0 spiro atoms. The molecule has 0 aromatic heterocycles. The SMILES string of the molecule is CCCC1CCC(c2ccc(-c3cc(F)cc(F)c3)c(F)c2)CC1. The molecule has 0 amide bonds. The van der Waals surface area contributed by atoms with Crippen LogP contribution in [0.25, 0.3) is 11.1 Å². The van der Waals surface area contributed by atoms with Crippen LogP contribution in [0.3, 0.4) is 0 Å². The van der Waals surface area contributed by atoms with Gasteiger partial charge in [-0.2, -0.15) is 0 Å². The molecule has 0 heterocycles. The smallest absolute Gasteiger partial charge is 0.131 e. The molecule has 3 rings (SSSR count). The molecule has 0 atom stereocenters. The normalized spacial score (nSPS) is 21.0. The zero-order chi connectivity index (χ0) is 17.1. The second kappa shape index (κ2) is 7.42. The van der Waals surface area contributed by atoms with E-state index in [1.807, 2.05) is 6.07 Å². The largest absolute Gasteiger partial charge is 0.207 e. The molecular weight excluding hydrogens is 309 g/mol. The molecule has 2 aromatic rings. The van der Waals surface area contributed by atoms with Gasteiger partial charge < -0.3 is 0 Å². The molecule has 24 heavy (non-hydrogen) atoms. The Morgan fingerprint density at radius 2 is 1.54 bits per heavy atom. The van der Waals surface area contributed by atoms with Crippen molar-refractivity contribution in [1.29, 1.82) is 0 Å². The van der Waals surface area contributed by atoms with E-state index in [4.69, 9.17) is 0 Å². The first-order chi connectivity index (χ1) is 11.6. The van der Waals surface area contributed by atoms with Crippen LogP contribution in [0, 0.1) is 23.4 Å². The van der Waals surface area contributed by atoms with Crippen LogP contribution in [-0.4, -0.2) is 0 Å². The summed E-state index contributed by atoms with van der Waals surface area (Å²) in [5, 5.41) is 0. The van der Waals surface area contributed by atoms with E-state index in [9.17, 15) is 13.2 Å². The summed E-state index contributed by atoms with van der Waals surface area (Å²) in [6.07, 6.45) is 7.11. The van der Waals surface area contributed by atoms with Gasteiger partial charge in [0.2, 0.25) is 0 Å². The van der Waals surface area contributed by atoms with E-state index >= 15 is 0 Å². The quantitative estimate of drug-likeness (QED) is 0.574. The Labute approximate surface area is 141 Å². The number of rotatable bonds is 4. The van der Waals surface area contributed by atoms with E-state index in [0.717, 1.165) is 42.5 Å². The van der Waals surface area contributed by atoms with Crippen molar-refractivity contribution in [3.8, 4) is 11.1 Å². The van der Waals surface area contributed by atoms with E-state index in [-0.39, 0.29) is 11.1 Å². The summed E-state index contributed by atoms with van der Waals surface area (Å²) >= 11 is 0. The average Bonchev–Trinajstić information content (AvgIpc) is 2.55. The Hall–Kier alpha value is -1.77. The van der Waals surface area contributed by atoms with Crippen LogP contribution in [0.4, 0.5) is 13.2 Å². The second-order valence-electron chi connectivity index (χ2n) is 6.90. The average molecular weight is 332 g/mol.